The maximum Gasteiger partial charge on any atom is 0.106 e. The fraction of sp³-hybridized carbons (Fsp3) is 0.167. The fourth-order valence-corrected chi connectivity index (χ4v) is 2.50. The first-order valence-corrected chi connectivity index (χ1v) is 6.97. The highest BCUT2D eigenvalue weighted by atomic mass is 35.5. The molecule has 1 aromatic heterocycles. The van der Waals surface area contributed by atoms with E-state index < -0.39 is 0 Å². The molecule has 18 heavy (non-hydrogen) atoms. The van der Waals surface area contributed by atoms with Gasteiger partial charge in [0.1, 0.15) is 4.99 Å². The van der Waals surface area contributed by atoms with E-state index in [1.54, 1.807) is 23.5 Å². The number of nitrogens with zero attached hydrogens (tertiary/aromatic N) is 1. The third-order valence-electron chi connectivity index (χ3n) is 2.37. The van der Waals surface area contributed by atoms with Crippen molar-refractivity contribution >= 4 is 45.8 Å². The molecule has 94 valence electrons. The first-order valence-electron chi connectivity index (χ1n) is 5.30. The smallest absolute Gasteiger partial charge is 0.106 e. The zero-order valence-electron chi connectivity index (χ0n) is 9.74. The van der Waals surface area contributed by atoms with Crippen LogP contribution in [0, 0.1) is 6.92 Å². The molecule has 0 amide bonds. The summed E-state index contributed by atoms with van der Waals surface area (Å²) in [4.78, 5) is 4.71. The molecule has 3 N–H and O–H groups in total. The first kappa shape index (κ1) is 13.3. The van der Waals surface area contributed by atoms with Crippen LogP contribution in [-0.4, -0.2) is 9.97 Å². The number of hydrogen-bond donors (Lipinski definition) is 2. The van der Waals surface area contributed by atoms with Gasteiger partial charge in [-0.1, -0.05) is 23.8 Å². The molecular weight excluding hydrogens is 286 g/mol. The molecule has 6 heteroatoms. The van der Waals surface area contributed by atoms with Crippen LogP contribution < -0.4 is 11.1 Å². The molecule has 0 fully saturated rings. The van der Waals surface area contributed by atoms with Crippen LogP contribution in [0.4, 0.5) is 5.69 Å². The Morgan fingerprint density at radius 3 is 2.94 bits per heavy atom. The minimum atomic E-state index is 0.328. The summed E-state index contributed by atoms with van der Waals surface area (Å²) >= 11 is 12.6. The van der Waals surface area contributed by atoms with Crippen LogP contribution in [0.3, 0.4) is 0 Å². The molecule has 3 nitrogen and oxygen atoms in total. The van der Waals surface area contributed by atoms with Gasteiger partial charge in [0.05, 0.1) is 17.2 Å². The van der Waals surface area contributed by atoms with Crippen molar-refractivity contribution in [2.24, 2.45) is 5.73 Å². The van der Waals surface area contributed by atoms with E-state index in [1.807, 2.05) is 18.4 Å². The van der Waals surface area contributed by atoms with Gasteiger partial charge in [-0.25, -0.2) is 4.98 Å². The van der Waals surface area contributed by atoms with Crippen LogP contribution in [-0.2, 0) is 6.54 Å². The number of aryl methyl sites for hydroxylation is 1. The van der Waals surface area contributed by atoms with Crippen LogP contribution in [0.5, 0.6) is 0 Å². The fourth-order valence-electron chi connectivity index (χ4n) is 1.55. The Morgan fingerprint density at radius 2 is 2.33 bits per heavy atom. The molecule has 0 radical (unpaired) electrons. The van der Waals surface area contributed by atoms with Crippen LogP contribution in [0.15, 0.2) is 23.6 Å². The van der Waals surface area contributed by atoms with Gasteiger partial charge in [-0.2, -0.15) is 0 Å². The lowest BCUT2D eigenvalue weighted by atomic mass is 10.1. The number of nitrogens with one attached hydrogen (secondary N) is 1. The van der Waals surface area contributed by atoms with Crippen LogP contribution >= 0.6 is 35.2 Å². The number of hydrogen-bond acceptors (Lipinski definition) is 4. The topological polar surface area (TPSA) is 50.9 Å². The summed E-state index contributed by atoms with van der Waals surface area (Å²) in [7, 11) is 0. The van der Waals surface area contributed by atoms with Crippen molar-refractivity contribution < 1.29 is 0 Å². The predicted octanol–water partition coefficient (Wildman–Crippen LogP) is 3.35. The van der Waals surface area contributed by atoms with Gasteiger partial charge in [0.25, 0.3) is 0 Å². The normalized spacial score (nSPS) is 10.3. The van der Waals surface area contributed by atoms with Crippen molar-refractivity contribution in [1.29, 1.82) is 0 Å². The van der Waals surface area contributed by atoms with Crippen molar-refractivity contribution in [2.45, 2.75) is 13.5 Å². The van der Waals surface area contributed by atoms with E-state index in [-0.39, 0.29) is 0 Å². The summed E-state index contributed by atoms with van der Waals surface area (Å²) in [5, 5.41) is 6.97. The lowest BCUT2D eigenvalue weighted by molar-refractivity contribution is 1.05. The van der Waals surface area contributed by atoms with Gasteiger partial charge in [0.15, 0.2) is 0 Å². The Hall–Kier alpha value is -1.17. The van der Waals surface area contributed by atoms with E-state index in [1.165, 1.54) is 0 Å². The number of rotatable bonds is 4. The molecule has 1 aromatic carbocycles. The molecule has 0 unspecified atom stereocenters. The number of thiazole rings is 1. The largest absolute Gasteiger partial charge is 0.389 e. The molecule has 0 saturated heterocycles. The third-order valence-corrected chi connectivity index (χ3v) is 3.65. The molecule has 0 bridgehead atoms. The summed E-state index contributed by atoms with van der Waals surface area (Å²) in [5.41, 5.74) is 8.30. The Labute approximate surface area is 120 Å². The maximum absolute atomic E-state index is 5.93. The monoisotopic (exact) mass is 297 g/mol. The van der Waals surface area contributed by atoms with Crippen LogP contribution in [0.1, 0.15) is 16.3 Å². The van der Waals surface area contributed by atoms with Crippen molar-refractivity contribution in [2.75, 3.05) is 5.32 Å². The van der Waals surface area contributed by atoms with E-state index in [0.29, 0.717) is 16.6 Å². The summed E-state index contributed by atoms with van der Waals surface area (Å²) in [5.74, 6) is 0. The van der Waals surface area contributed by atoms with Crippen molar-refractivity contribution in [3.63, 3.8) is 0 Å². The first-order chi connectivity index (χ1) is 8.56. The Morgan fingerprint density at radius 1 is 1.56 bits per heavy atom. The maximum atomic E-state index is 5.93. The number of halogens is 1. The number of anilines is 1. The summed E-state index contributed by atoms with van der Waals surface area (Å²) in [6.07, 6.45) is 0. The summed E-state index contributed by atoms with van der Waals surface area (Å²) in [6, 6.07) is 5.44. The minimum absolute atomic E-state index is 0.328. The highest BCUT2D eigenvalue weighted by Crippen LogP contribution is 2.21. The van der Waals surface area contributed by atoms with E-state index in [9.17, 15) is 0 Å². The van der Waals surface area contributed by atoms with Gasteiger partial charge < -0.3 is 11.1 Å². The molecule has 2 aromatic rings. The highest BCUT2D eigenvalue weighted by molar-refractivity contribution is 7.80. The van der Waals surface area contributed by atoms with Crippen molar-refractivity contribution in [1.82, 2.24) is 4.98 Å². The van der Waals surface area contributed by atoms with Gasteiger partial charge in [-0.3, -0.25) is 0 Å². The summed E-state index contributed by atoms with van der Waals surface area (Å²) < 4.78 is 0. The molecule has 2 rings (SSSR count). The number of benzene rings is 1. The van der Waals surface area contributed by atoms with Gasteiger partial charge in [-0.15, -0.1) is 11.3 Å². The van der Waals surface area contributed by atoms with Gasteiger partial charge in [-0.05, 0) is 25.1 Å². The Kier molecular flexibility index (Phi) is 4.16. The van der Waals surface area contributed by atoms with E-state index in [0.717, 1.165) is 22.0 Å². The zero-order chi connectivity index (χ0) is 13.1. The minimum Gasteiger partial charge on any atom is -0.389 e. The van der Waals surface area contributed by atoms with Crippen molar-refractivity contribution in [3.8, 4) is 0 Å². The Bertz CT molecular complexity index is 580. The molecule has 0 aliphatic heterocycles. The molecular formula is C12H12ClN3S2. The Balaban J connectivity index is 2.16. The highest BCUT2D eigenvalue weighted by Gasteiger charge is 2.06. The third kappa shape index (κ3) is 3.19. The lowest BCUT2D eigenvalue weighted by Crippen LogP contribution is -2.13. The molecule has 0 aliphatic carbocycles. The number of nitrogens with two attached hydrogens (primary N) is 1. The summed E-state index contributed by atoms with van der Waals surface area (Å²) in [6.45, 7) is 2.62. The average Bonchev–Trinajstić information content (AvgIpc) is 2.73. The van der Waals surface area contributed by atoms with Gasteiger partial charge in [0, 0.05) is 21.7 Å². The second-order valence-corrected chi connectivity index (χ2v) is 5.70. The van der Waals surface area contributed by atoms with E-state index in [4.69, 9.17) is 29.6 Å². The van der Waals surface area contributed by atoms with Crippen LogP contribution in [0.25, 0.3) is 0 Å². The lowest BCUT2D eigenvalue weighted by Gasteiger charge is -2.10. The molecule has 0 saturated carbocycles. The SMILES string of the molecule is Cc1nc(CNc2ccc(Cl)cc2C(N)=S)cs1. The average molecular weight is 298 g/mol. The molecule has 0 spiro atoms. The molecule has 0 aliphatic rings. The number of thiocarbonyl (C=S) groups is 1. The second-order valence-electron chi connectivity index (χ2n) is 3.77. The van der Waals surface area contributed by atoms with Gasteiger partial charge in [0.2, 0.25) is 0 Å². The second kappa shape index (κ2) is 5.65. The zero-order valence-corrected chi connectivity index (χ0v) is 12.1. The van der Waals surface area contributed by atoms with Crippen LogP contribution in [0.2, 0.25) is 5.02 Å². The quantitative estimate of drug-likeness (QED) is 0.850. The predicted molar refractivity (Wildman–Crippen MR) is 81.5 cm³/mol. The van der Waals surface area contributed by atoms with Gasteiger partial charge >= 0.3 is 0 Å². The van der Waals surface area contributed by atoms with E-state index in [2.05, 4.69) is 10.3 Å². The molecule has 0 atom stereocenters. The van der Waals surface area contributed by atoms with Crippen molar-refractivity contribution in [3.05, 3.63) is 44.9 Å². The number of aromatic nitrogens is 1. The standard InChI is InChI=1S/C12H12ClN3S2/c1-7-16-9(6-18-7)5-15-11-3-2-8(13)4-10(11)12(14)17/h2-4,6,15H,5H2,1H3,(H2,14,17). The molecule has 1 heterocycles. The van der Waals surface area contributed by atoms with E-state index >= 15 is 0 Å².